The highest BCUT2D eigenvalue weighted by Gasteiger charge is 2.37. The van der Waals surface area contributed by atoms with Gasteiger partial charge in [-0.25, -0.2) is 8.42 Å². The molecule has 2 heterocycles. The molecule has 1 fully saturated rings. The number of benzene rings is 1. The van der Waals surface area contributed by atoms with Gasteiger partial charge in [-0.05, 0) is 31.4 Å². The predicted molar refractivity (Wildman–Crippen MR) is 79.1 cm³/mol. The molecule has 2 aromatic rings. The van der Waals surface area contributed by atoms with Crippen LogP contribution < -0.4 is 0 Å². The van der Waals surface area contributed by atoms with Crippen LogP contribution in [-0.2, 0) is 10.0 Å². The fourth-order valence-corrected chi connectivity index (χ4v) is 4.67. The van der Waals surface area contributed by atoms with Gasteiger partial charge in [0.05, 0.1) is 22.8 Å². The summed E-state index contributed by atoms with van der Waals surface area (Å²) >= 11 is 0. The Bertz CT molecular complexity index is 732. The molecule has 5 nitrogen and oxygen atoms in total. The maximum atomic E-state index is 12.9. The van der Waals surface area contributed by atoms with Crippen molar-refractivity contribution in [3.63, 3.8) is 0 Å². The van der Waals surface area contributed by atoms with Crippen molar-refractivity contribution in [3.8, 4) is 0 Å². The van der Waals surface area contributed by atoms with Crippen LogP contribution in [0.25, 0.3) is 0 Å². The third-order valence-corrected chi connectivity index (χ3v) is 5.88. The van der Waals surface area contributed by atoms with E-state index in [1.165, 1.54) is 0 Å². The predicted octanol–water partition coefficient (Wildman–Crippen LogP) is 2.31. The summed E-state index contributed by atoms with van der Waals surface area (Å²) in [7, 11) is -3.50. The number of aromatic nitrogens is 2. The lowest BCUT2D eigenvalue weighted by molar-refractivity contribution is 0.389. The zero-order valence-corrected chi connectivity index (χ0v) is 12.6. The first-order chi connectivity index (χ1) is 10.1. The molecule has 0 aliphatic carbocycles. The third-order valence-electron chi connectivity index (χ3n) is 3.81. The normalized spacial score (nSPS) is 19.8. The molecule has 0 radical (unpaired) electrons. The Balaban J connectivity index is 2.01. The lowest BCUT2D eigenvalue weighted by Gasteiger charge is -2.24. The lowest BCUT2D eigenvalue weighted by atomic mass is 10.2. The van der Waals surface area contributed by atoms with Crippen LogP contribution in [0.3, 0.4) is 0 Å². The number of sulfonamides is 1. The second kappa shape index (κ2) is 5.54. The van der Waals surface area contributed by atoms with E-state index in [9.17, 15) is 8.42 Å². The van der Waals surface area contributed by atoms with E-state index in [4.69, 9.17) is 0 Å². The van der Waals surface area contributed by atoms with Crippen LogP contribution in [0.15, 0.2) is 47.8 Å². The smallest absolute Gasteiger partial charge is 0.243 e. The molecule has 6 heteroatoms. The van der Waals surface area contributed by atoms with Crippen LogP contribution in [0.4, 0.5) is 0 Å². The number of rotatable bonds is 3. The molecule has 3 rings (SSSR count). The van der Waals surface area contributed by atoms with Gasteiger partial charge in [0.2, 0.25) is 10.0 Å². The van der Waals surface area contributed by atoms with E-state index >= 15 is 0 Å². The SMILES string of the molecule is Cc1ccccc1S(=O)(=O)N1CCC[C@H]1c1cnccn1. The maximum absolute atomic E-state index is 12.9. The van der Waals surface area contributed by atoms with Crippen molar-refractivity contribution in [1.82, 2.24) is 14.3 Å². The summed E-state index contributed by atoms with van der Waals surface area (Å²) in [6, 6.07) is 6.87. The summed E-state index contributed by atoms with van der Waals surface area (Å²) in [5.74, 6) is 0. The van der Waals surface area contributed by atoms with E-state index in [0.717, 1.165) is 18.4 Å². The van der Waals surface area contributed by atoms with Crippen molar-refractivity contribution in [1.29, 1.82) is 0 Å². The Morgan fingerprint density at radius 1 is 1.24 bits per heavy atom. The summed E-state index contributed by atoms with van der Waals surface area (Å²) in [5.41, 5.74) is 1.48. The molecule has 1 aromatic carbocycles. The first kappa shape index (κ1) is 14.2. The molecule has 21 heavy (non-hydrogen) atoms. The van der Waals surface area contributed by atoms with Crippen LogP contribution >= 0.6 is 0 Å². The minimum Gasteiger partial charge on any atom is -0.261 e. The van der Waals surface area contributed by atoms with Crippen LogP contribution in [0.5, 0.6) is 0 Å². The number of aryl methyl sites for hydroxylation is 1. The Labute approximate surface area is 124 Å². The average Bonchev–Trinajstić information content (AvgIpc) is 2.99. The van der Waals surface area contributed by atoms with Crippen LogP contribution in [0.1, 0.15) is 30.1 Å². The first-order valence-corrected chi connectivity index (χ1v) is 8.38. The molecule has 0 saturated carbocycles. The number of hydrogen-bond acceptors (Lipinski definition) is 4. The molecule has 1 aromatic heterocycles. The van der Waals surface area contributed by atoms with Crippen molar-refractivity contribution >= 4 is 10.0 Å². The van der Waals surface area contributed by atoms with E-state index < -0.39 is 10.0 Å². The van der Waals surface area contributed by atoms with Crippen molar-refractivity contribution in [2.45, 2.75) is 30.7 Å². The number of hydrogen-bond donors (Lipinski definition) is 0. The van der Waals surface area contributed by atoms with E-state index in [-0.39, 0.29) is 6.04 Å². The Hall–Kier alpha value is -1.79. The minimum atomic E-state index is -3.50. The monoisotopic (exact) mass is 303 g/mol. The van der Waals surface area contributed by atoms with E-state index in [1.54, 1.807) is 35.0 Å². The molecule has 110 valence electrons. The molecule has 0 unspecified atom stereocenters. The van der Waals surface area contributed by atoms with Crippen LogP contribution in [0, 0.1) is 6.92 Å². The quantitative estimate of drug-likeness (QED) is 0.873. The minimum absolute atomic E-state index is 0.219. The molecular weight excluding hydrogens is 286 g/mol. The highest BCUT2D eigenvalue weighted by molar-refractivity contribution is 7.89. The van der Waals surface area contributed by atoms with Crippen molar-refractivity contribution < 1.29 is 8.42 Å². The van der Waals surface area contributed by atoms with Gasteiger partial charge in [0, 0.05) is 18.9 Å². The molecule has 0 N–H and O–H groups in total. The number of nitrogens with zero attached hydrogens (tertiary/aromatic N) is 3. The fraction of sp³-hybridized carbons (Fsp3) is 0.333. The van der Waals surface area contributed by atoms with Crippen molar-refractivity contribution in [2.75, 3.05) is 6.54 Å². The average molecular weight is 303 g/mol. The van der Waals surface area contributed by atoms with E-state index in [1.807, 2.05) is 19.1 Å². The summed E-state index contributed by atoms with van der Waals surface area (Å²) in [5, 5.41) is 0. The van der Waals surface area contributed by atoms with Gasteiger partial charge in [0.15, 0.2) is 0 Å². The highest BCUT2D eigenvalue weighted by atomic mass is 32.2. The van der Waals surface area contributed by atoms with Gasteiger partial charge in [-0.15, -0.1) is 0 Å². The van der Waals surface area contributed by atoms with Crippen LogP contribution in [0.2, 0.25) is 0 Å². The van der Waals surface area contributed by atoms with Gasteiger partial charge < -0.3 is 0 Å². The second-order valence-corrected chi connectivity index (χ2v) is 7.03. The summed E-state index contributed by atoms with van der Waals surface area (Å²) in [4.78, 5) is 8.70. The van der Waals surface area contributed by atoms with Crippen molar-refractivity contribution in [2.24, 2.45) is 0 Å². The largest absolute Gasteiger partial charge is 0.261 e. The standard InChI is InChI=1S/C15H17N3O2S/c1-12-5-2-3-7-15(12)21(19,20)18-10-4-6-14(18)13-11-16-8-9-17-13/h2-3,5,7-9,11,14H,4,6,10H2,1H3/t14-/m0/s1. The molecular formula is C15H17N3O2S. The van der Waals surface area contributed by atoms with Gasteiger partial charge in [0.25, 0.3) is 0 Å². The molecule has 1 aliphatic rings. The van der Waals surface area contributed by atoms with Gasteiger partial charge >= 0.3 is 0 Å². The van der Waals surface area contributed by atoms with Gasteiger partial charge in [-0.3, -0.25) is 9.97 Å². The topological polar surface area (TPSA) is 63.2 Å². The summed E-state index contributed by atoms with van der Waals surface area (Å²) in [6.07, 6.45) is 6.47. The Morgan fingerprint density at radius 2 is 2.05 bits per heavy atom. The van der Waals surface area contributed by atoms with Crippen LogP contribution in [-0.4, -0.2) is 29.2 Å². The van der Waals surface area contributed by atoms with Crippen molar-refractivity contribution in [3.05, 3.63) is 54.1 Å². The van der Waals surface area contributed by atoms with Gasteiger partial charge in [-0.1, -0.05) is 18.2 Å². The third kappa shape index (κ3) is 2.56. The molecule has 0 bridgehead atoms. The molecule has 1 aliphatic heterocycles. The van der Waals surface area contributed by atoms with E-state index in [0.29, 0.717) is 17.1 Å². The second-order valence-electron chi connectivity index (χ2n) is 5.17. The summed E-state index contributed by atoms with van der Waals surface area (Å²) in [6.45, 7) is 2.35. The van der Waals surface area contributed by atoms with Gasteiger partial charge in [-0.2, -0.15) is 4.31 Å². The Kier molecular flexibility index (Phi) is 3.73. The first-order valence-electron chi connectivity index (χ1n) is 6.94. The zero-order chi connectivity index (χ0) is 14.9. The van der Waals surface area contributed by atoms with E-state index in [2.05, 4.69) is 9.97 Å². The maximum Gasteiger partial charge on any atom is 0.243 e. The van der Waals surface area contributed by atoms with Gasteiger partial charge in [0.1, 0.15) is 0 Å². The fourth-order valence-electron chi connectivity index (χ4n) is 2.78. The molecule has 1 atom stereocenters. The summed E-state index contributed by atoms with van der Waals surface area (Å²) < 4.78 is 27.4. The molecule has 0 spiro atoms. The lowest BCUT2D eigenvalue weighted by Crippen LogP contribution is -2.31. The zero-order valence-electron chi connectivity index (χ0n) is 11.8. The molecule has 0 amide bonds. The Morgan fingerprint density at radius 3 is 2.76 bits per heavy atom. The highest BCUT2D eigenvalue weighted by Crippen LogP contribution is 2.35. The molecule has 1 saturated heterocycles.